The van der Waals surface area contributed by atoms with Crippen LogP contribution in [0.15, 0.2) is 48.8 Å². The summed E-state index contributed by atoms with van der Waals surface area (Å²) in [4.78, 5) is 29.7. The molecule has 0 radical (unpaired) electrons. The van der Waals surface area contributed by atoms with Crippen molar-refractivity contribution in [2.24, 2.45) is 0 Å². The lowest BCUT2D eigenvalue weighted by atomic mass is 10.0. The maximum absolute atomic E-state index is 13.0. The number of likely N-dealkylation sites (tertiary alicyclic amines) is 1. The van der Waals surface area contributed by atoms with Crippen molar-refractivity contribution in [3.05, 3.63) is 64.5 Å². The number of benzene rings is 1. The van der Waals surface area contributed by atoms with Crippen LogP contribution in [0.1, 0.15) is 44.6 Å². The number of carbonyl (C=O) groups is 1. The Balaban J connectivity index is 1.41. The number of rotatable bonds is 11. The minimum absolute atomic E-state index is 0.0135. The molecule has 202 valence electrons. The fourth-order valence-corrected chi connectivity index (χ4v) is 4.77. The van der Waals surface area contributed by atoms with Crippen molar-refractivity contribution in [1.29, 1.82) is 0 Å². The van der Waals surface area contributed by atoms with E-state index < -0.39 is 4.92 Å². The van der Waals surface area contributed by atoms with Crippen LogP contribution in [0.25, 0.3) is 11.1 Å². The van der Waals surface area contributed by atoms with Crippen molar-refractivity contribution in [3.8, 4) is 11.1 Å². The molecule has 10 heteroatoms. The molecule has 1 aliphatic heterocycles. The van der Waals surface area contributed by atoms with Gasteiger partial charge in [0.15, 0.2) is 0 Å². The highest BCUT2D eigenvalue weighted by molar-refractivity contribution is 5.96. The van der Waals surface area contributed by atoms with Gasteiger partial charge in [-0.1, -0.05) is 44.0 Å². The maximum atomic E-state index is 13.0. The van der Waals surface area contributed by atoms with Gasteiger partial charge in [-0.05, 0) is 56.0 Å². The standard InChI is InChI=1S/C28H37N7O3/c1-2-21-8-10-22(11-9-21)23-18-34(17-7-14-30-26-13-12-25(35(37)38)28(29)32-26)19-24(23)31-27(36)20-33-15-5-3-4-6-16-33/h8-13,18-19H,2-7,14-17,20H2,1H3,(H,31,36)(H3,29,30,32). The molecule has 0 saturated carbocycles. The molecular weight excluding hydrogens is 482 g/mol. The lowest BCUT2D eigenvalue weighted by Gasteiger charge is -2.19. The first kappa shape index (κ1) is 27.1. The highest BCUT2D eigenvalue weighted by Gasteiger charge is 2.17. The summed E-state index contributed by atoms with van der Waals surface area (Å²) in [5.41, 5.74) is 9.62. The molecule has 0 spiro atoms. The van der Waals surface area contributed by atoms with E-state index in [4.69, 9.17) is 5.73 Å². The molecule has 1 saturated heterocycles. The van der Waals surface area contributed by atoms with Gasteiger partial charge in [0.1, 0.15) is 5.82 Å². The van der Waals surface area contributed by atoms with Gasteiger partial charge in [0, 0.05) is 37.1 Å². The van der Waals surface area contributed by atoms with E-state index in [-0.39, 0.29) is 17.4 Å². The van der Waals surface area contributed by atoms with Crippen molar-refractivity contribution in [2.75, 3.05) is 42.5 Å². The molecule has 1 aromatic carbocycles. The average Bonchev–Trinajstić information content (AvgIpc) is 3.11. The largest absolute Gasteiger partial charge is 0.378 e. The quantitative estimate of drug-likeness (QED) is 0.186. The molecule has 4 N–H and O–H groups in total. The van der Waals surface area contributed by atoms with Crippen molar-refractivity contribution in [2.45, 2.75) is 52.0 Å². The summed E-state index contributed by atoms with van der Waals surface area (Å²) < 4.78 is 2.09. The third kappa shape index (κ3) is 7.32. The zero-order chi connectivity index (χ0) is 26.9. The summed E-state index contributed by atoms with van der Waals surface area (Å²) in [6.45, 7) is 5.82. The Bertz CT molecular complexity index is 1230. The minimum Gasteiger partial charge on any atom is -0.378 e. The predicted molar refractivity (Wildman–Crippen MR) is 151 cm³/mol. The fourth-order valence-electron chi connectivity index (χ4n) is 4.77. The average molecular weight is 520 g/mol. The van der Waals surface area contributed by atoms with E-state index in [2.05, 4.69) is 62.5 Å². The van der Waals surface area contributed by atoms with Gasteiger partial charge in [-0.15, -0.1) is 0 Å². The zero-order valence-electron chi connectivity index (χ0n) is 22.0. The summed E-state index contributed by atoms with van der Waals surface area (Å²) in [5, 5.41) is 17.3. The number of amides is 1. The molecule has 3 aromatic rings. The second-order valence-corrected chi connectivity index (χ2v) is 9.75. The Hall–Kier alpha value is -3.92. The van der Waals surface area contributed by atoms with Crippen molar-refractivity contribution >= 4 is 28.9 Å². The van der Waals surface area contributed by atoms with Crippen molar-refractivity contribution in [3.63, 3.8) is 0 Å². The van der Waals surface area contributed by atoms with Crippen molar-refractivity contribution in [1.82, 2.24) is 14.5 Å². The van der Waals surface area contributed by atoms with Crippen LogP contribution in [0.2, 0.25) is 0 Å². The highest BCUT2D eigenvalue weighted by atomic mass is 16.6. The summed E-state index contributed by atoms with van der Waals surface area (Å²) >= 11 is 0. The summed E-state index contributed by atoms with van der Waals surface area (Å²) in [7, 11) is 0. The molecule has 38 heavy (non-hydrogen) atoms. The van der Waals surface area contributed by atoms with E-state index in [1.54, 1.807) is 6.07 Å². The number of aromatic nitrogens is 2. The number of carbonyl (C=O) groups excluding carboxylic acids is 1. The molecule has 0 bridgehead atoms. The number of nitrogens with two attached hydrogens (primary N) is 1. The van der Waals surface area contributed by atoms with Crippen LogP contribution in [0.3, 0.4) is 0 Å². The number of anilines is 3. The Morgan fingerprint density at radius 1 is 1.08 bits per heavy atom. The van der Waals surface area contributed by atoms with Crippen LogP contribution in [0, 0.1) is 10.1 Å². The van der Waals surface area contributed by atoms with Crippen LogP contribution in [-0.4, -0.2) is 51.5 Å². The maximum Gasteiger partial charge on any atom is 0.311 e. The Labute approximate surface area is 223 Å². The first-order valence-corrected chi connectivity index (χ1v) is 13.4. The van der Waals surface area contributed by atoms with E-state index in [9.17, 15) is 14.9 Å². The third-order valence-corrected chi connectivity index (χ3v) is 6.89. The summed E-state index contributed by atoms with van der Waals surface area (Å²) in [5.74, 6) is 0.406. The van der Waals surface area contributed by atoms with Gasteiger partial charge in [0.2, 0.25) is 11.7 Å². The lowest BCUT2D eigenvalue weighted by molar-refractivity contribution is -0.384. The Morgan fingerprint density at radius 3 is 2.47 bits per heavy atom. The topological polar surface area (TPSA) is 131 Å². The van der Waals surface area contributed by atoms with Crippen LogP contribution in [0.4, 0.5) is 23.0 Å². The van der Waals surface area contributed by atoms with E-state index in [1.165, 1.54) is 24.5 Å². The van der Waals surface area contributed by atoms with Gasteiger partial charge < -0.3 is 20.9 Å². The van der Waals surface area contributed by atoms with Gasteiger partial charge in [-0.3, -0.25) is 19.8 Å². The number of aryl methyl sites for hydroxylation is 2. The first-order valence-electron chi connectivity index (χ1n) is 13.4. The van der Waals surface area contributed by atoms with Gasteiger partial charge in [-0.25, -0.2) is 4.98 Å². The van der Waals surface area contributed by atoms with E-state index in [0.717, 1.165) is 62.1 Å². The molecule has 0 atom stereocenters. The molecule has 10 nitrogen and oxygen atoms in total. The molecule has 0 unspecified atom stereocenters. The molecular formula is C28H37N7O3. The molecule has 0 aliphatic carbocycles. The number of pyridine rings is 1. The van der Waals surface area contributed by atoms with Gasteiger partial charge in [-0.2, -0.15) is 0 Å². The van der Waals surface area contributed by atoms with E-state index in [1.807, 2.05) is 6.20 Å². The normalized spacial score (nSPS) is 14.1. The molecule has 4 rings (SSSR count). The lowest BCUT2D eigenvalue weighted by Crippen LogP contribution is -2.33. The summed E-state index contributed by atoms with van der Waals surface area (Å²) in [6.07, 6.45) is 10.6. The third-order valence-electron chi connectivity index (χ3n) is 6.89. The van der Waals surface area contributed by atoms with Crippen LogP contribution in [-0.2, 0) is 17.8 Å². The second kappa shape index (κ2) is 13.0. The van der Waals surface area contributed by atoms with E-state index in [0.29, 0.717) is 18.9 Å². The van der Waals surface area contributed by atoms with Crippen molar-refractivity contribution < 1.29 is 9.72 Å². The fraction of sp³-hybridized carbons (Fsp3) is 0.429. The highest BCUT2D eigenvalue weighted by Crippen LogP contribution is 2.30. The minimum atomic E-state index is -0.546. The first-order chi connectivity index (χ1) is 18.4. The number of nitrogens with one attached hydrogen (secondary N) is 2. The molecule has 1 amide bonds. The zero-order valence-corrected chi connectivity index (χ0v) is 22.0. The van der Waals surface area contributed by atoms with E-state index >= 15 is 0 Å². The SMILES string of the molecule is CCc1ccc(-c2cn(CCCNc3ccc([N+](=O)[O-])c(N)n3)cc2NC(=O)CN2CCCCCC2)cc1. The Kier molecular flexibility index (Phi) is 9.31. The number of hydrogen-bond donors (Lipinski definition) is 3. The predicted octanol–water partition coefficient (Wildman–Crippen LogP) is 4.92. The van der Waals surface area contributed by atoms with Gasteiger partial charge in [0.05, 0.1) is 17.2 Å². The van der Waals surface area contributed by atoms with Gasteiger partial charge in [0.25, 0.3) is 0 Å². The number of hydrogen-bond acceptors (Lipinski definition) is 7. The number of nitrogens with zero attached hydrogens (tertiary/aromatic N) is 4. The summed E-state index contributed by atoms with van der Waals surface area (Å²) in [6, 6.07) is 11.4. The Morgan fingerprint density at radius 2 is 1.82 bits per heavy atom. The van der Waals surface area contributed by atoms with Gasteiger partial charge >= 0.3 is 5.69 Å². The molecule has 2 aromatic heterocycles. The molecule has 3 heterocycles. The second-order valence-electron chi connectivity index (χ2n) is 9.75. The molecule has 1 fully saturated rings. The number of nitrogen functional groups attached to an aromatic ring is 1. The van der Waals surface area contributed by atoms with Crippen LogP contribution < -0.4 is 16.4 Å². The number of nitro groups is 1. The smallest absolute Gasteiger partial charge is 0.311 e. The monoisotopic (exact) mass is 519 g/mol. The molecule has 1 aliphatic rings. The van der Waals surface area contributed by atoms with Crippen LogP contribution in [0.5, 0.6) is 0 Å². The van der Waals surface area contributed by atoms with Crippen LogP contribution >= 0.6 is 0 Å².